The van der Waals surface area contributed by atoms with Gasteiger partial charge in [-0.3, -0.25) is 0 Å². The van der Waals surface area contributed by atoms with Crippen molar-refractivity contribution in [3.63, 3.8) is 0 Å². The van der Waals surface area contributed by atoms with Crippen molar-refractivity contribution in [2.75, 3.05) is 0 Å². The van der Waals surface area contributed by atoms with E-state index in [2.05, 4.69) is 46.2 Å². The van der Waals surface area contributed by atoms with E-state index in [0.717, 1.165) is 39.0 Å². The van der Waals surface area contributed by atoms with E-state index < -0.39 is 0 Å². The van der Waals surface area contributed by atoms with E-state index in [-0.39, 0.29) is 0 Å². The number of pyridine rings is 1. The number of aromatic nitrogens is 3. The highest BCUT2D eigenvalue weighted by molar-refractivity contribution is 9.08. The van der Waals surface area contributed by atoms with Gasteiger partial charge < -0.3 is 0 Å². The van der Waals surface area contributed by atoms with Crippen molar-refractivity contribution in [2.24, 2.45) is 0 Å². The molecule has 0 bridgehead atoms. The van der Waals surface area contributed by atoms with Crippen molar-refractivity contribution in [3.05, 3.63) is 53.3 Å². The molecule has 0 spiro atoms. The van der Waals surface area contributed by atoms with Gasteiger partial charge in [0.05, 0.1) is 11.2 Å². The summed E-state index contributed by atoms with van der Waals surface area (Å²) in [7, 11) is 0. The fraction of sp³-hybridized carbons (Fsp3) is 0.200. The molecule has 0 saturated carbocycles. The molecule has 0 fully saturated rings. The quantitative estimate of drug-likeness (QED) is 0.671. The maximum Gasteiger partial charge on any atom is 0.158 e. The average molecular weight is 316 g/mol. The monoisotopic (exact) mass is 315 g/mol. The van der Waals surface area contributed by atoms with Gasteiger partial charge in [0.25, 0.3) is 0 Å². The van der Waals surface area contributed by atoms with Crippen molar-refractivity contribution < 1.29 is 0 Å². The van der Waals surface area contributed by atoms with Crippen LogP contribution in [0.2, 0.25) is 0 Å². The van der Waals surface area contributed by atoms with E-state index in [1.54, 1.807) is 0 Å². The summed E-state index contributed by atoms with van der Waals surface area (Å²) in [6, 6.07) is 12.4. The lowest BCUT2D eigenvalue weighted by atomic mass is 10.1. The van der Waals surface area contributed by atoms with Crippen molar-refractivity contribution >= 4 is 26.8 Å². The number of hydrogen-bond donors (Lipinski definition) is 0. The van der Waals surface area contributed by atoms with Crippen LogP contribution < -0.4 is 0 Å². The third-order valence-corrected chi connectivity index (χ3v) is 3.74. The lowest BCUT2D eigenvalue weighted by molar-refractivity contribution is 0.803. The summed E-state index contributed by atoms with van der Waals surface area (Å²) < 4.78 is 1.92. The Hall–Kier alpha value is -1.68. The molecule has 0 N–H and O–H groups in total. The lowest BCUT2D eigenvalue weighted by Gasteiger charge is -2.10. The van der Waals surface area contributed by atoms with Gasteiger partial charge in [0.2, 0.25) is 0 Å². The van der Waals surface area contributed by atoms with Gasteiger partial charge in [-0.2, -0.15) is 5.10 Å². The molecule has 2 aromatic heterocycles. The van der Waals surface area contributed by atoms with Gasteiger partial charge in [-0.25, -0.2) is 9.67 Å². The highest BCUT2D eigenvalue weighted by Gasteiger charge is 2.11. The van der Waals surface area contributed by atoms with Gasteiger partial charge in [-0.15, -0.1) is 0 Å². The molecule has 19 heavy (non-hydrogen) atoms. The van der Waals surface area contributed by atoms with Crippen LogP contribution in [0.15, 0.2) is 36.4 Å². The van der Waals surface area contributed by atoms with E-state index in [1.165, 1.54) is 0 Å². The molecule has 0 amide bonds. The molecule has 0 aliphatic carbocycles. The summed E-state index contributed by atoms with van der Waals surface area (Å²) >= 11 is 3.54. The fourth-order valence-corrected chi connectivity index (χ4v) is 2.69. The Labute approximate surface area is 120 Å². The number of halogens is 1. The first-order chi connectivity index (χ1) is 9.19. The molecule has 3 aromatic rings. The van der Waals surface area contributed by atoms with Crippen LogP contribution in [0.5, 0.6) is 0 Å². The first kappa shape index (κ1) is 12.4. The first-order valence-electron chi connectivity index (χ1n) is 6.17. The van der Waals surface area contributed by atoms with Crippen molar-refractivity contribution in [1.82, 2.24) is 14.8 Å². The van der Waals surface area contributed by atoms with Crippen molar-refractivity contribution in [1.29, 1.82) is 0 Å². The summed E-state index contributed by atoms with van der Waals surface area (Å²) in [4.78, 5) is 4.76. The summed E-state index contributed by atoms with van der Waals surface area (Å²) in [6.07, 6.45) is 0. The standard InChI is InChI=1S/C15H14BrN3/c1-10-7-11(2)19(18-10)15-13(9-16)8-12-5-3-4-6-14(12)17-15/h3-8H,9H2,1-2H3. The van der Waals surface area contributed by atoms with Crippen LogP contribution in [0.4, 0.5) is 0 Å². The first-order valence-corrected chi connectivity index (χ1v) is 7.29. The highest BCUT2D eigenvalue weighted by Crippen LogP contribution is 2.22. The van der Waals surface area contributed by atoms with Crippen LogP contribution in [0, 0.1) is 13.8 Å². The molecular formula is C15H14BrN3. The van der Waals surface area contributed by atoms with E-state index in [0.29, 0.717) is 0 Å². The summed E-state index contributed by atoms with van der Waals surface area (Å²) in [6.45, 7) is 4.05. The molecule has 0 atom stereocenters. The maximum atomic E-state index is 4.76. The Balaban J connectivity index is 2.30. The zero-order valence-corrected chi connectivity index (χ0v) is 12.5. The smallest absolute Gasteiger partial charge is 0.158 e. The third-order valence-electron chi connectivity index (χ3n) is 3.13. The predicted octanol–water partition coefficient (Wildman–Crippen LogP) is 3.93. The van der Waals surface area contributed by atoms with Gasteiger partial charge in [-0.1, -0.05) is 34.1 Å². The van der Waals surface area contributed by atoms with Gasteiger partial charge in [-0.05, 0) is 32.0 Å². The summed E-state index contributed by atoms with van der Waals surface area (Å²) in [5.74, 6) is 0.904. The highest BCUT2D eigenvalue weighted by atomic mass is 79.9. The number of fused-ring (bicyclic) bond motifs is 1. The van der Waals surface area contributed by atoms with Crippen LogP contribution in [-0.4, -0.2) is 14.8 Å². The Bertz CT molecular complexity index is 746. The molecule has 0 unspecified atom stereocenters. The number of hydrogen-bond acceptors (Lipinski definition) is 2. The molecule has 3 nitrogen and oxygen atoms in total. The maximum absolute atomic E-state index is 4.76. The topological polar surface area (TPSA) is 30.7 Å². The minimum atomic E-state index is 0.762. The molecule has 0 aliphatic heterocycles. The number of aryl methyl sites for hydroxylation is 2. The number of rotatable bonds is 2. The summed E-state index contributed by atoms with van der Waals surface area (Å²) in [5, 5.41) is 6.45. The largest absolute Gasteiger partial charge is 0.228 e. The third kappa shape index (κ3) is 2.16. The van der Waals surface area contributed by atoms with Gasteiger partial charge in [0.15, 0.2) is 5.82 Å². The van der Waals surface area contributed by atoms with Gasteiger partial charge >= 0.3 is 0 Å². The predicted molar refractivity (Wildman–Crippen MR) is 81.0 cm³/mol. The molecule has 3 rings (SSSR count). The number of nitrogens with zero attached hydrogens (tertiary/aromatic N) is 3. The molecule has 96 valence electrons. The molecular weight excluding hydrogens is 302 g/mol. The second-order valence-corrected chi connectivity index (χ2v) is 5.20. The fourth-order valence-electron chi connectivity index (χ4n) is 2.27. The Morgan fingerprint density at radius 1 is 1.16 bits per heavy atom. The molecule has 1 aromatic carbocycles. The molecule has 0 saturated heterocycles. The van der Waals surface area contributed by atoms with E-state index in [4.69, 9.17) is 4.98 Å². The van der Waals surface area contributed by atoms with Gasteiger partial charge in [0.1, 0.15) is 0 Å². The summed E-state index contributed by atoms with van der Waals surface area (Å²) in [5.41, 5.74) is 4.25. The van der Waals surface area contributed by atoms with Crippen LogP contribution >= 0.6 is 15.9 Å². The van der Waals surface area contributed by atoms with Crippen LogP contribution in [-0.2, 0) is 5.33 Å². The van der Waals surface area contributed by atoms with Crippen LogP contribution in [0.3, 0.4) is 0 Å². The number of para-hydroxylation sites is 1. The average Bonchev–Trinajstić information content (AvgIpc) is 2.76. The van der Waals surface area contributed by atoms with Gasteiger partial charge in [0, 0.05) is 22.0 Å². The van der Waals surface area contributed by atoms with Crippen molar-refractivity contribution in [2.45, 2.75) is 19.2 Å². The lowest BCUT2D eigenvalue weighted by Crippen LogP contribution is -2.05. The van der Waals surface area contributed by atoms with Crippen LogP contribution in [0.1, 0.15) is 17.0 Å². The van der Waals surface area contributed by atoms with Crippen LogP contribution in [0.25, 0.3) is 16.7 Å². The zero-order valence-electron chi connectivity index (χ0n) is 10.9. The Morgan fingerprint density at radius 2 is 1.95 bits per heavy atom. The minimum Gasteiger partial charge on any atom is -0.228 e. The second-order valence-electron chi connectivity index (χ2n) is 4.64. The van der Waals surface area contributed by atoms with Crippen molar-refractivity contribution in [3.8, 4) is 5.82 Å². The zero-order chi connectivity index (χ0) is 13.4. The normalized spacial score (nSPS) is 11.1. The SMILES string of the molecule is Cc1cc(C)n(-c2nc3ccccc3cc2CBr)n1. The van der Waals surface area contributed by atoms with E-state index >= 15 is 0 Å². The van der Waals surface area contributed by atoms with E-state index in [9.17, 15) is 0 Å². The molecule has 4 heteroatoms. The Kier molecular flexibility index (Phi) is 3.11. The molecule has 0 radical (unpaired) electrons. The minimum absolute atomic E-state index is 0.762. The second kappa shape index (κ2) is 4.78. The van der Waals surface area contributed by atoms with E-state index in [1.807, 2.05) is 29.8 Å². The number of benzene rings is 1. The Morgan fingerprint density at radius 3 is 2.63 bits per heavy atom. The molecule has 0 aliphatic rings. The molecule has 2 heterocycles. The number of alkyl halides is 1.